The van der Waals surface area contributed by atoms with Crippen LogP contribution in [0.25, 0.3) is 0 Å². The molecular weight excluding hydrogens is 516 g/mol. The second kappa shape index (κ2) is 19.3. The van der Waals surface area contributed by atoms with E-state index in [0.29, 0.717) is 35.5 Å². The topological polar surface area (TPSA) is 78.9 Å². The molecule has 1 aromatic carbocycles. The highest BCUT2D eigenvalue weighted by atomic mass is 16.5. The lowest BCUT2D eigenvalue weighted by Gasteiger charge is -2.14. The largest absolute Gasteiger partial charge is 0.496 e. The van der Waals surface area contributed by atoms with E-state index in [9.17, 15) is 14.4 Å². The number of benzene rings is 1. The van der Waals surface area contributed by atoms with E-state index in [-0.39, 0.29) is 24.5 Å². The summed E-state index contributed by atoms with van der Waals surface area (Å²) < 4.78 is 17.3. The predicted octanol–water partition coefficient (Wildman–Crippen LogP) is 8.82. The Morgan fingerprint density at radius 2 is 1.49 bits per heavy atom. The van der Waals surface area contributed by atoms with Gasteiger partial charge in [-0.25, -0.2) is 0 Å². The number of esters is 1. The molecule has 2 rings (SSSR count). The molecule has 1 aliphatic heterocycles. The highest BCUT2D eigenvalue weighted by Crippen LogP contribution is 2.42. The van der Waals surface area contributed by atoms with Crippen LogP contribution in [0, 0.1) is 0 Å². The molecule has 0 spiro atoms. The number of hydrogen-bond acceptors (Lipinski definition) is 6. The van der Waals surface area contributed by atoms with Gasteiger partial charge in [0.1, 0.15) is 24.2 Å². The van der Waals surface area contributed by atoms with Gasteiger partial charge >= 0.3 is 5.97 Å². The van der Waals surface area contributed by atoms with E-state index in [0.717, 1.165) is 42.3 Å². The van der Waals surface area contributed by atoms with Gasteiger partial charge in [0.05, 0.1) is 12.7 Å². The summed E-state index contributed by atoms with van der Waals surface area (Å²) in [6.07, 6.45) is 20.7. The maximum absolute atomic E-state index is 12.4. The molecular formula is C35H52O6. The minimum absolute atomic E-state index is 0.0170. The molecule has 228 valence electrons. The third kappa shape index (κ3) is 12.2. The molecule has 1 aliphatic rings. The van der Waals surface area contributed by atoms with Gasteiger partial charge in [0.15, 0.2) is 12.1 Å². The molecule has 41 heavy (non-hydrogen) atoms. The smallest absolute Gasteiger partial charge is 0.306 e. The molecule has 0 fully saturated rings. The third-order valence-electron chi connectivity index (χ3n) is 7.64. The number of ketones is 1. The molecule has 6 nitrogen and oxygen atoms in total. The van der Waals surface area contributed by atoms with Crippen molar-refractivity contribution in [1.29, 1.82) is 0 Å². The second-order valence-corrected chi connectivity index (χ2v) is 11.6. The van der Waals surface area contributed by atoms with Crippen molar-refractivity contribution >= 4 is 18.0 Å². The van der Waals surface area contributed by atoms with Gasteiger partial charge in [0, 0.05) is 24.0 Å². The summed E-state index contributed by atoms with van der Waals surface area (Å²) >= 11 is 0. The number of unbranched alkanes of at least 4 members (excludes halogenated alkanes) is 12. The first-order chi connectivity index (χ1) is 19.8. The molecule has 6 heteroatoms. The molecule has 0 saturated heterocycles. The molecule has 0 amide bonds. The number of carbonyl (C=O) groups is 3. The van der Waals surface area contributed by atoms with Gasteiger partial charge in [-0.1, -0.05) is 89.5 Å². The van der Waals surface area contributed by atoms with Crippen LogP contribution in [-0.2, 0) is 27.4 Å². The maximum atomic E-state index is 12.4. The van der Waals surface area contributed by atoms with Gasteiger partial charge in [0.25, 0.3) is 0 Å². The van der Waals surface area contributed by atoms with Gasteiger partial charge in [-0.3, -0.25) is 14.4 Å². The lowest BCUT2D eigenvalue weighted by Crippen LogP contribution is -2.15. The summed E-state index contributed by atoms with van der Waals surface area (Å²) in [4.78, 5) is 36.7. The molecule has 0 aliphatic carbocycles. The van der Waals surface area contributed by atoms with E-state index in [1.165, 1.54) is 64.2 Å². The number of hydrogen-bond donors (Lipinski definition) is 0. The summed E-state index contributed by atoms with van der Waals surface area (Å²) in [5.41, 5.74) is 3.39. The van der Waals surface area contributed by atoms with Crippen LogP contribution < -0.4 is 9.47 Å². The van der Waals surface area contributed by atoms with Crippen LogP contribution in [0.2, 0.25) is 0 Å². The van der Waals surface area contributed by atoms with E-state index in [1.54, 1.807) is 25.3 Å². The zero-order chi connectivity index (χ0) is 30.0. The van der Waals surface area contributed by atoms with Crippen LogP contribution in [0.4, 0.5) is 0 Å². The quantitative estimate of drug-likeness (QED) is 0.0638. The van der Waals surface area contributed by atoms with Crippen molar-refractivity contribution in [3.8, 4) is 11.5 Å². The Morgan fingerprint density at radius 1 is 0.902 bits per heavy atom. The van der Waals surface area contributed by atoms with Crippen LogP contribution >= 0.6 is 0 Å². The zero-order valence-corrected chi connectivity index (χ0v) is 26.1. The van der Waals surface area contributed by atoms with Crippen molar-refractivity contribution in [3.05, 3.63) is 46.1 Å². The third-order valence-corrected chi connectivity index (χ3v) is 7.64. The van der Waals surface area contributed by atoms with E-state index < -0.39 is 0 Å². The van der Waals surface area contributed by atoms with Crippen molar-refractivity contribution in [3.63, 3.8) is 0 Å². The van der Waals surface area contributed by atoms with Crippen LogP contribution in [0.3, 0.4) is 0 Å². The average molecular weight is 569 g/mol. The lowest BCUT2D eigenvalue weighted by atomic mass is 9.98. The predicted molar refractivity (Wildman–Crippen MR) is 165 cm³/mol. The molecule has 0 bridgehead atoms. The van der Waals surface area contributed by atoms with Crippen LogP contribution in [0.5, 0.6) is 11.5 Å². The Labute approximate surface area is 247 Å². The Morgan fingerprint density at radius 3 is 2.02 bits per heavy atom. The summed E-state index contributed by atoms with van der Waals surface area (Å²) in [5, 5.41) is 0. The first-order valence-electron chi connectivity index (χ1n) is 15.7. The molecule has 1 heterocycles. The number of ether oxygens (including phenoxy) is 3. The number of allylic oxidation sites excluding steroid dienone is 3. The summed E-state index contributed by atoms with van der Waals surface area (Å²) in [6.45, 7) is 7.83. The molecule has 0 aromatic heterocycles. The fourth-order valence-electron chi connectivity index (χ4n) is 5.29. The minimum atomic E-state index is -0.375. The second-order valence-electron chi connectivity index (χ2n) is 11.6. The Bertz CT molecular complexity index is 1050. The van der Waals surface area contributed by atoms with E-state index in [4.69, 9.17) is 14.2 Å². The summed E-state index contributed by atoms with van der Waals surface area (Å²) in [5.74, 6) is 0.661. The van der Waals surface area contributed by atoms with Gasteiger partial charge in [-0.2, -0.15) is 0 Å². The monoisotopic (exact) mass is 568 g/mol. The average Bonchev–Trinajstić information content (AvgIpc) is 3.39. The number of rotatable bonds is 21. The van der Waals surface area contributed by atoms with Crippen molar-refractivity contribution in [2.75, 3.05) is 7.11 Å². The number of carbonyl (C=O) groups excluding carboxylic acids is 3. The summed E-state index contributed by atoms with van der Waals surface area (Å²) in [6, 6.07) is 1.75. The standard InChI is InChI=1S/C35H52O6/c1-6-7-8-9-10-11-12-13-14-15-16-17-18-19-34(38)40-25-28-22-33(39-5)30-23-32(41-35(30)31(28)24-36)27(4)21-29(37)20-26(2)3/h20-22,24,32H,6-19,23,25H2,1-5H3/b27-21+/t32-/m0/s1. The normalized spacial score (nSPS) is 14.3. The maximum Gasteiger partial charge on any atom is 0.306 e. The van der Waals surface area contributed by atoms with E-state index in [2.05, 4.69) is 6.92 Å². The highest BCUT2D eigenvalue weighted by molar-refractivity contribution is 6.00. The van der Waals surface area contributed by atoms with Crippen LogP contribution in [-0.4, -0.2) is 31.3 Å². The van der Waals surface area contributed by atoms with Gasteiger partial charge < -0.3 is 14.2 Å². The number of aldehydes is 1. The fraction of sp³-hybridized carbons (Fsp3) is 0.629. The van der Waals surface area contributed by atoms with Gasteiger partial charge in [0.2, 0.25) is 0 Å². The summed E-state index contributed by atoms with van der Waals surface area (Å²) in [7, 11) is 1.56. The Kier molecular flexibility index (Phi) is 16.1. The van der Waals surface area contributed by atoms with E-state index in [1.807, 2.05) is 20.8 Å². The lowest BCUT2D eigenvalue weighted by molar-refractivity contribution is -0.145. The van der Waals surface area contributed by atoms with Crippen LogP contribution in [0.15, 0.2) is 29.4 Å². The van der Waals surface area contributed by atoms with Crippen molar-refractivity contribution in [1.82, 2.24) is 0 Å². The number of methoxy groups -OCH3 is 1. The zero-order valence-electron chi connectivity index (χ0n) is 26.1. The molecule has 0 radical (unpaired) electrons. The first kappa shape index (κ1) is 34.3. The first-order valence-corrected chi connectivity index (χ1v) is 15.7. The van der Waals surface area contributed by atoms with Crippen molar-refractivity contribution in [2.45, 2.75) is 137 Å². The van der Waals surface area contributed by atoms with Crippen molar-refractivity contribution < 1.29 is 28.6 Å². The Hall–Kier alpha value is -2.89. The molecule has 0 unspecified atom stereocenters. The highest BCUT2D eigenvalue weighted by Gasteiger charge is 2.32. The molecule has 0 saturated carbocycles. The van der Waals surface area contributed by atoms with Gasteiger partial charge in [-0.05, 0) is 51.0 Å². The number of fused-ring (bicyclic) bond motifs is 1. The molecule has 0 N–H and O–H groups in total. The Balaban J connectivity index is 1.78. The van der Waals surface area contributed by atoms with E-state index >= 15 is 0 Å². The fourth-order valence-corrected chi connectivity index (χ4v) is 5.29. The van der Waals surface area contributed by atoms with Gasteiger partial charge in [-0.15, -0.1) is 0 Å². The van der Waals surface area contributed by atoms with Crippen LogP contribution in [0.1, 0.15) is 139 Å². The van der Waals surface area contributed by atoms with Crippen molar-refractivity contribution in [2.24, 2.45) is 0 Å². The minimum Gasteiger partial charge on any atom is -0.496 e. The molecule has 1 atom stereocenters. The molecule has 1 aromatic rings. The SMILES string of the molecule is CCCCCCCCCCCCCCCC(=O)OCc1cc(OC)c2c(c1C=O)O[C@H](/C(C)=C/C(=O)C=C(C)C)C2.